The Balaban J connectivity index is 2.64. The number of amides is 1. The van der Waals surface area contributed by atoms with E-state index in [-0.39, 0.29) is 17.7 Å². The maximum atomic E-state index is 11.3. The molecule has 1 fully saturated rings. The van der Waals surface area contributed by atoms with E-state index < -0.39 is 0 Å². The number of hydrogen-bond acceptors (Lipinski definition) is 2. The Morgan fingerprint density at radius 2 is 2.17 bits per heavy atom. The maximum absolute atomic E-state index is 11.3. The van der Waals surface area contributed by atoms with Crippen LogP contribution in [-0.2, 0) is 4.74 Å². The molecule has 1 unspecified atom stereocenters. The van der Waals surface area contributed by atoms with Crippen LogP contribution in [0.1, 0.15) is 34.1 Å². The van der Waals surface area contributed by atoms with Gasteiger partial charge in [-0.1, -0.05) is 6.92 Å². The molecule has 0 bridgehead atoms. The van der Waals surface area contributed by atoms with Crippen LogP contribution in [-0.4, -0.2) is 29.2 Å². The number of carbonyl (C=O) groups is 1. The summed E-state index contributed by atoms with van der Waals surface area (Å²) in [5.74, 6) is 0. The number of rotatable bonds is 1. The molecule has 70 valence electrons. The molecule has 1 saturated heterocycles. The molecule has 0 radical (unpaired) electrons. The van der Waals surface area contributed by atoms with Crippen LogP contribution >= 0.6 is 0 Å². The van der Waals surface area contributed by atoms with Crippen molar-refractivity contribution < 1.29 is 9.53 Å². The lowest BCUT2D eigenvalue weighted by molar-refractivity contribution is 0.119. The zero-order valence-electron chi connectivity index (χ0n) is 8.26. The van der Waals surface area contributed by atoms with Crippen molar-refractivity contribution in [1.82, 2.24) is 4.90 Å². The van der Waals surface area contributed by atoms with E-state index in [0.29, 0.717) is 0 Å². The van der Waals surface area contributed by atoms with Crippen molar-refractivity contribution in [3.8, 4) is 0 Å². The number of nitrogens with zero attached hydrogens (tertiary/aromatic N) is 1. The highest BCUT2D eigenvalue weighted by Crippen LogP contribution is 2.22. The minimum Gasteiger partial charge on any atom is -0.444 e. The topological polar surface area (TPSA) is 29.5 Å². The summed E-state index contributed by atoms with van der Waals surface area (Å²) in [5, 5.41) is 0. The monoisotopic (exact) mass is 171 g/mol. The van der Waals surface area contributed by atoms with Gasteiger partial charge in [0.15, 0.2) is 0 Å². The SMILES string of the molecule is CCC1CN(C(C)(C)C)C(=O)O1. The molecule has 0 saturated carbocycles. The van der Waals surface area contributed by atoms with Crippen LogP contribution in [0.5, 0.6) is 0 Å². The smallest absolute Gasteiger partial charge is 0.410 e. The van der Waals surface area contributed by atoms with Crippen LogP contribution in [0.2, 0.25) is 0 Å². The molecular formula is C9H17NO2. The summed E-state index contributed by atoms with van der Waals surface area (Å²) in [6.07, 6.45) is 0.823. The van der Waals surface area contributed by atoms with Crippen LogP contribution in [0.25, 0.3) is 0 Å². The second kappa shape index (κ2) is 2.96. The number of carbonyl (C=O) groups excluding carboxylic acids is 1. The lowest BCUT2D eigenvalue weighted by Crippen LogP contribution is -2.42. The summed E-state index contributed by atoms with van der Waals surface area (Å²) < 4.78 is 5.14. The highest BCUT2D eigenvalue weighted by atomic mass is 16.6. The number of ether oxygens (including phenoxy) is 1. The second-order valence-corrected chi connectivity index (χ2v) is 4.20. The summed E-state index contributed by atoms with van der Waals surface area (Å²) in [6.45, 7) is 8.83. The molecule has 0 spiro atoms. The maximum Gasteiger partial charge on any atom is 0.410 e. The summed E-state index contributed by atoms with van der Waals surface area (Å²) >= 11 is 0. The van der Waals surface area contributed by atoms with Crippen LogP contribution in [0.3, 0.4) is 0 Å². The zero-order valence-corrected chi connectivity index (χ0v) is 8.26. The van der Waals surface area contributed by atoms with Gasteiger partial charge in [-0.05, 0) is 27.2 Å². The van der Waals surface area contributed by atoms with Crippen molar-refractivity contribution in [3.63, 3.8) is 0 Å². The third-order valence-corrected chi connectivity index (χ3v) is 2.14. The van der Waals surface area contributed by atoms with E-state index in [1.54, 1.807) is 4.90 Å². The fourth-order valence-electron chi connectivity index (χ4n) is 1.28. The van der Waals surface area contributed by atoms with Crippen LogP contribution in [0.15, 0.2) is 0 Å². The quantitative estimate of drug-likeness (QED) is 0.604. The summed E-state index contributed by atoms with van der Waals surface area (Å²) in [6, 6.07) is 0. The van der Waals surface area contributed by atoms with Gasteiger partial charge in [-0.25, -0.2) is 4.79 Å². The van der Waals surface area contributed by atoms with Gasteiger partial charge < -0.3 is 4.74 Å². The number of cyclic esters (lactones) is 1. The summed E-state index contributed by atoms with van der Waals surface area (Å²) in [5.41, 5.74) is -0.110. The molecule has 1 heterocycles. The molecule has 0 aromatic heterocycles. The van der Waals surface area contributed by atoms with E-state index in [9.17, 15) is 4.79 Å². The minimum atomic E-state index is -0.172. The molecule has 3 nitrogen and oxygen atoms in total. The Labute approximate surface area is 73.7 Å². The van der Waals surface area contributed by atoms with Gasteiger partial charge in [-0.15, -0.1) is 0 Å². The Bertz CT molecular complexity index is 183. The summed E-state index contributed by atoms with van der Waals surface area (Å²) in [4.78, 5) is 13.1. The first kappa shape index (κ1) is 9.36. The molecule has 0 N–H and O–H groups in total. The molecule has 1 atom stereocenters. The van der Waals surface area contributed by atoms with Crippen molar-refractivity contribution >= 4 is 6.09 Å². The molecule has 1 aliphatic heterocycles. The fraction of sp³-hybridized carbons (Fsp3) is 0.889. The Morgan fingerprint density at radius 3 is 2.42 bits per heavy atom. The van der Waals surface area contributed by atoms with Crippen molar-refractivity contribution in [2.75, 3.05) is 6.54 Å². The van der Waals surface area contributed by atoms with Crippen LogP contribution in [0.4, 0.5) is 4.79 Å². The lowest BCUT2D eigenvalue weighted by Gasteiger charge is -2.29. The van der Waals surface area contributed by atoms with E-state index in [1.165, 1.54) is 0 Å². The van der Waals surface area contributed by atoms with Crippen molar-refractivity contribution in [1.29, 1.82) is 0 Å². The van der Waals surface area contributed by atoms with Crippen molar-refractivity contribution in [2.24, 2.45) is 0 Å². The molecule has 0 aliphatic carbocycles. The lowest BCUT2D eigenvalue weighted by atomic mass is 10.1. The minimum absolute atomic E-state index is 0.0942. The molecule has 0 aromatic carbocycles. The second-order valence-electron chi connectivity index (χ2n) is 4.20. The predicted octanol–water partition coefficient (Wildman–Crippen LogP) is 2.02. The highest BCUT2D eigenvalue weighted by molar-refractivity contribution is 5.70. The zero-order chi connectivity index (χ0) is 9.35. The average Bonchev–Trinajstić information content (AvgIpc) is 2.29. The normalized spacial score (nSPS) is 24.5. The van der Waals surface area contributed by atoms with Gasteiger partial charge in [0, 0.05) is 5.54 Å². The standard InChI is InChI=1S/C9H17NO2/c1-5-7-6-10(8(11)12-7)9(2,3)4/h7H,5-6H2,1-4H3. The predicted molar refractivity (Wildman–Crippen MR) is 47.0 cm³/mol. The first-order valence-electron chi connectivity index (χ1n) is 4.43. The van der Waals surface area contributed by atoms with E-state index in [1.807, 2.05) is 27.7 Å². The molecule has 1 rings (SSSR count). The van der Waals surface area contributed by atoms with E-state index in [4.69, 9.17) is 4.74 Å². The summed E-state index contributed by atoms with van der Waals surface area (Å²) in [7, 11) is 0. The van der Waals surface area contributed by atoms with Gasteiger partial charge in [0.05, 0.1) is 6.54 Å². The molecule has 1 aliphatic rings. The van der Waals surface area contributed by atoms with E-state index in [2.05, 4.69) is 0 Å². The average molecular weight is 171 g/mol. The molecule has 0 aromatic rings. The van der Waals surface area contributed by atoms with E-state index in [0.717, 1.165) is 13.0 Å². The van der Waals surface area contributed by atoms with E-state index >= 15 is 0 Å². The first-order chi connectivity index (χ1) is 5.45. The van der Waals surface area contributed by atoms with Crippen LogP contribution < -0.4 is 0 Å². The Morgan fingerprint density at radius 1 is 1.58 bits per heavy atom. The Kier molecular flexibility index (Phi) is 2.31. The Hall–Kier alpha value is -0.730. The molecular weight excluding hydrogens is 154 g/mol. The van der Waals surface area contributed by atoms with Crippen molar-refractivity contribution in [2.45, 2.75) is 45.8 Å². The van der Waals surface area contributed by atoms with Gasteiger partial charge in [-0.2, -0.15) is 0 Å². The molecule has 1 amide bonds. The fourth-order valence-corrected chi connectivity index (χ4v) is 1.28. The van der Waals surface area contributed by atoms with Gasteiger partial charge in [0.2, 0.25) is 0 Å². The molecule has 12 heavy (non-hydrogen) atoms. The van der Waals surface area contributed by atoms with Crippen LogP contribution in [0, 0.1) is 0 Å². The van der Waals surface area contributed by atoms with Crippen molar-refractivity contribution in [3.05, 3.63) is 0 Å². The third-order valence-electron chi connectivity index (χ3n) is 2.14. The van der Waals surface area contributed by atoms with Gasteiger partial charge in [0.1, 0.15) is 6.10 Å². The largest absolute Gasteiger partial charge is 0.444 e. The third kappa shape index (κ3) is 1.71. The number of hydrogen-bond donors (Lipinski definition) is 0. The highest BCUT2D eigenvalue weighted by Gasteiger charge is 2.36. The van der Waals surface area contributed by atoms with Gasteiger partial charge in [0.25, 0.3) is 0 Å². The first-order valence-corrected chi connectivity index (χ1v) is 4.43. The van der Waals surface area contributed by atoms with Gasteiger partial charge >= 0.3 is 6.09 Å². The van der Waals surface area contributed by atoms with Gasteiger partial charge in [-0.3, -0.25) is 4.90 Å². The molecule has 3 heteroatoms.